The van der Waals surface area contributed by atoms with Crippen molar-refractivity contribution in [3.63, 3.8) is 0 Å². The molecule has 7 heteroatoms. The van der Waals surface area contributed by atoms with Gasteiger partial charge in [-0.25, -0.2) is 16.8 Å². The van der Waals surface area contributed by atoms with Gasteiger partial charge in [-0.1, -0.05) is 0 Å². The van der Waals surface area contributed by atoms with Crippen LogP contribution in [0.2, 0.25) is 0 Å². The Kier molecular flexibility index (Phi) is 3.84. The van der Waals surface area contributed by atoms with Crippen molar-refractivity contribution in [1.29, 1.82) is 0 Å². The van der Waals surface area contributed by atoms with E-state index in [2.05, 4.69) is 0 Å². The van der Waals surface area contributed by atoms with Crippen LogP contribution < -0.4 is 0 Å². The molecule has 0 aromatic carbocycles. The molecule has 0 heterocycles. The highest BCUT2D eigenvalue weighted by Gasteiger charge is 2.20. The topological polar surface area (TPSA) is 88.5 Å². The first-order chi connectivity index (χ1) is 4.46. The fraction of sp³-hybridized carbons (Fsp3) is 1.00. The van der Waals surface area contributed by atoms with Gasteiger partial charge in [0.05, 0.1) is 6.10 Å². The average molecular weight is 188 g/mol. The van der Waals surface area contributed by atoms with Gasteiger partial charge in [-0.2, -0.15) is 0 Å². The van der Waals surface area contributed by atoms with Crippen molar-refractivity contribution >= 4 is 21.4 Å². The van der Waals surface area contributed by atoms with Crippen molar-refractivity contribution in [2.24, 2.45) is 0 Å². The van der Waals surface area contributed by atoms with E-state index in [-0.39, 0.29) is 0 Å². The summed E-state index contributed by atoms with van der Waals surface area (Å²) in [7, 11) is -6.18. The molecule has 62 valence electrons. The SMILES string of the molecule is CC(O)C([SH](=O)=O)[SH](=O)=O. The van der Waals surface area contributed by atoms with Crippen LogP contribution in [0.15, 0.2) is 0 Å². The molecule has 0 aliphatic rings. The van der Waals surface area contributed by atoms with E-state index in [1.807, 2.05) is 0 Å². The minimum atomic E-state index is -3.09. The molecule has 1 atom stereocenters. The second-order valence-electron chi connectivity index (χ2n) is 1.72. The van der Waals surface area contributed by atoms with Gasteiger partial charge in [-0.15, -0.1) is 0 Å². The van der Waals surface area contributed by atoms with Gasteiger partial charge in [0.15, 0.2) is 26.0 Å². The molecule has 0 aliphatic heterocycles. The number of aliphatic hydroxyl groups excluding tert-OH is 1. The molecule has 10 heavy (non-hydrogen) atoms. The van der Waals surface area contributed by atoms with Crippen LogP contribution in [-0.4, -0.2) is 32.6 Å². The quantitative estimate of drug-likeness (QED) is 0.442. The number of hydrogen-bond acceptors (Lipinski definition) is 5. The molecule has 1 N–H and O–H groups in total. The van der Waals surface area contributed by atoms with Crippen molar-refractivity contribution in [3.05, 3.63) is 0 Å². The van der Waals surface area contributed by atoms with Crippen molar-refractivity contribution in [2.75, 3.05) is 0 Å². The molecule has 0 radical (unpaired) electrons. The van der Waals surface area contributed by atoms with Gasteiger partial charge in [0.25, 0.3) is 0 Å². The second kappa shape index (κ2) is 3.89. The molecule has 0 rings (SSSR count). The monoisotopic (exact) mass is 188 g/mol. The van der Waals surface area contributed by atoms with Gasteiger partial charge in [-0.3, -0.25) is 0 Å². The molecule has 0 saturated carbocycles. The van der Waals surface area contributed by atoms with Crippen LogP contribution in [0, 0.1) is 0 Å². The highest BCUT2D eigenvalue weighted by molar-refractivity contribution is 7.91. The van der Waals surface area contributed by atoms with Crippen molar-refractivity contribution in [3.8, 4) is 0 Å². The first-order valence-electron chi connectivity index (χ1n) is 2.42. The fourth-order valence-corrected chi connectivity index (χ4v) is 1.75. The molecule has 0 aromatic heterocycles. The van der Waals surface area contributed by atoms with Crippen molar-refractivity contribution in [1.82, 2.24) is 0 Å². The maximum absolute atomic E-state index is 10.1. The molecular formula is C3H8O5S2. The van der Waals surface area contributed by atoms with E-state index in [4.69, 9.17) is 5.11 Å². The van der Waals surface area contributed by atoms with Gasteiger partial charge >= 0.3 is 0 Å². The third-order valence-corrected chi connectivity index (χ3v) is 3.72. The lowest BCUT2D eigenvalue weighted by Crippen LogP contribution is -2.25. The molecule has 0 amide bonds. The third kappa shape index (κ3) is 2.63. The predicted molar refractivity (Wildman–Crippen MR) is 36.1 cm³/mol. The minimum absolute atomic E-state index is 1.11. The van der Waals surface area contributed by atoms with Crippen LogP contribution in [0.1, 0.15) is 6.92 Å². The lowest BCUT2D eigenvalue weighted by Gasteiger charge is -2.03. The van der Waals surface area contributed by atoms with Gasteiger partial charge in [-0.05, 0) is 6.92 Å². The Morgan fingerprint density at radius 2 is 1.40 bits per heavy atom. The molecule has 0 saturated heterocycles. The maximum Gasteiger partial charge on any atom is 0.183 e. The Morgan fingerprint density at radius 3 is 1.40 bits per heavy atom. The zero-order chi connectivity index (χ0) is 8.31. The van der Waals surface area contributed by atoms with Crippen molar-refractivity contribution < 1.29 is 21.9 Å². The summed E-state index contributed by atoms with van der Waals surface area (Å²) in [6.45, 7) is 1.11. The van der Waals surface area contributed by atoms with E-state index < -0.39 is 32.1 Å². The van der Waals surface area contributed by atoms with Gasteiger partial charge in [0, 0.05) is 0 Å². The van der Waals surface area contributed by atoms with Crippen LogP contribution in [-0.2, 0) is 21.4 Å². The Labute approximate surface area is 61.6 Å². The Morgan fingerprint density at radius 1 is 1.10 bits per heavy atom. The molecule has 1 unspecified atom stereocenters. The summed E-state index contributed by atoms with van der Waals surface area (Å²) in [5.74, 6) is 0. The zero-order valence-corrected chi connectivity index (χ0v) is 6.92. The highest BCUT2D eigenvalue weighted by Crippen LogP contribution is 1.96. The van der Waals surface area contributed by atoms with Gasteiger partial charge in [0.1, 0.15) is 0 Å². The highest BCUT2D eigenvalue weighted by atomic mass is 32.2. The standard InChI is InChI=1S/C3H8O5S2/c1-2(4)3(9(5)6)10(7)8/h2-4,9-10H,1H3. The summed E-state index contributed by atoms with van der Waals surface area (Å²) >= 11 is 0. The molecule has 0 aromatic rings. The normalized spacial score (nSPS) is 14.9. The fourth-order valence-electron chi connectivity index (χ4n) is 0.429. The van der Waals surface area contributed by atoms with Gasteiger partial charge < -0.3 is 5.11 Å². The number of rotatable bonds is 3. The van der Waals surface area contributed by atoms with E-state index in [0.717, 1.165) is 6.92 Å². The summed E-state index contributed by atoms with van der Waals surface area (Å²) in [6, 6.07) is 0. The van der Waals surface area contributed by atoms with Crippen LogP contribution in [0.3, 0.4) is 0 Å². The number of thiol groups is 2. The van der Waals surface area contributed by atoms with E-state index in [9.17, 15) is 16.8 Å². The minimum Gasteiger partial charge on any atom is -0.391 e. The lowest BCUT2D eigenvalue weighted by atomic mass is 10.5. The Hall–Kier alpha value is -0.140. The zero-order valence-electron chi connectivity index (χ0n) is 5.13. The van der Waals surface area contributed by atoms with E-state index in [1.54, 1.807) is 0 Å². The smallest absolute Gasteiger partial charge is 0.183 e. The Balaban J connectivity index is 4.59. The molecular weight excluding hydrogens is 180 g/mol. The summed E-state index contributed by atoms with van der Waals surface area (Å²) in [6.07, 6.45) is -1.36. The van der Waals surface area contributed by atoms with Crippen LogP contribution in [0.25, 0.3) is 0 Å². The summed E-state index contributed by atoms with van der Waals surface area (Å²) < 4.78 is 38.7. The van der Waals surface area contributed by atoms with Crippen LogP contribution >= 0.6 is 0 Å². The lowest BCUT2D eigenvalue weighted by molar-refractivity contribution is 0.209. The molecule has 0 spiro atoms. The molecule has 0 bridgehead atoms. The Bertz CT molecular complexity index is 199. The number of hydrogen-bond donors (Lipinski definition) is 3. The summed E-state index contributed by atoms with van der Waals surface area (Å²) in [5, 5.41) is 8.59. The van der Waals surface area contributed by atoms with Crippen molar-refractivity contribution in [2.45, 2.75) is 17.6 Å². The summed E-state index contributed by atoms with van der Waals surface area (Å²) in [5.41, 5.74) is 0. The molecule has 5 nitrogen and oxygen atoms in total. The largest absolute Gasteiger partial charge is 0.391 e. The van der Waals surface area contributed by atoms with E-state index >= 15 is 0 Å². The number of aliphatic hydroxyl groups is 1. The van der Waals surface area contributed by atoms with Crippen LogP contribution in [0.4, 0.5) is 0 Å². The molecule has 0 fully saturated rings. The summed E-state index contributed by atoms with van der Waals surface area (Å²) in [4.78, 5) is 0. The molecule has 0 aliphatic carbocycles. The second-order valence-corrected chi connectivity index (χ2v) is 4.39. The van der Waals surface area contributed by atoms with E-state index in [0.29, 0.717) is 0 Å². The van der Waals surface area contributed by atoms with Crippen LogP contribution in [0.5, 0.6) is 0 Å². The first kappa shape index (κ1) is 9.86. The van der Waals surface area contributed by atoms with Gasteiger partial charge in [0.2, 0.25) is 0 Å². The van der Waals surface area contributed by atoms with E-state index in [1.165, 1.54) is 0 Å². The third-order valence-electron chi connectivity index (χ3n) is 0.863. The first-order valence-corrected chi connectivity index (χ1v) is 4.91. The average Bonchev–Trinajstić information content (AvgIpc) is 1.59. The maximum atomic E-state index is 10.1. The predicted octanol–water partition coefficient (Wildman–Crippen LogP) is -2.08.